The fourth-order valence-electron chi connectivity index (χ4n) is 3.73. The fraction of sp³-hybridized carbons (Fsp3) is 0.200. The largest absolute Gasteiger partial charge is 0.271 e. The van der Waals surface area contributed by atoms with Crippen LogP contribution in [0.4, 0.5) is 0 Å². The van der Waals surface area contributed by atoms with E-state index in [1.807, 2.05) is 61.5 Å². The summed E-state index contributed by atoms with van der Waals surface area (Å²) in [5, 5.41) is 7.00. The van der Waals surface area contributed by atoms with E-state index in [2.05, 4.69) is 36.1 Å². The van der Waals surface area contributed by atoms with Gasteiger partial charge in [-0.2, -0.15) is 5.10 Å². The van der Waals surface area contributed by atoms with Crippen LogP contribution in [0.2, 0.25) is 5.02 Å². The number of hydrazone groups is 1. The second kappa shape index (κ2) is 8.82. The summed E-state index contributed by atoms with van der Waals surface area (Å²) in [5.74, 6) is -0.0256. The molecule has 3 aromatic rings. The van der Waals surface area contributed by atoms with E-state index in [1.54, 1.807) is 5.01 Å². The summed E-state index contributed by atoms with van der Waals surface area (Å²) < 4.78 is 0. The van der Waals surface area contributed by atoms with Gasteiger partial charge in [-0.3, -0.25) is 9.69 Å². The summed E-state index contributed by atoms with van der Waals surface area (Å²) in [6, 6.07) is 26.0. The van der Waals surface area contributed by atoms with E-state index in [4.69, 9.17) is 16.7 Å². The van der Waals surface area contributed by atoms with Crippen molar-refractivity contribution in [1.29, 1.82) is 0 Å². The number of hydrogen-bond acceptors (Lipinski definition) is 3. The van der Waals surface area contributed by atoms with Crippen LogP contribution in [0.25, 0.3) is 0 Å². The minimum absolute atomic E-state index is 0.0256. The highest BCUT2D eigenvalue weighted by Gasteiger charge is 2.39. The number of rotatable bonds is 5. The van der Waals surface area contributed by atoms with E-state index in [1.165, 1.54) is 5.56 Å². The lowest BCUT2D eigenvalue weighted by Crippen LogP contribution is -2.29. The topological polar surface area (TPSA) is 35.9 Å². The van der Waals surface area contributed by atoms with Crippen molar-refractivity contribution in [1.82, 2.24) is 9.91 Å². The molecule has 30 heavy (non-hydrogen) atoms. The Labute approximate surface area is 182 Å². The molecule has 152 valence electrons. The van der Waals surface area contributed by atoms with Crippen molar-refractivity contribution >= 4 is 23.2 Å². The maximum Gasteiger partial charge on any atom is 0.258 e. The Balaban J connectivity index is 1.71. The van der Waals surface area contributed by atoms with Crippen molar-refractivity contribution in [2.75, 3.05) is 6.54 Å². The maximum absolute atomic E-state index is 13.0. The third kappa shape index (κ3) is 4.45. The molecule has 5 heteroatoms. The van der Waals surface area contributed by atoms with E-state index in [0.29, 0.717) is 18.1 Å². The third-order valence-corrected chi connectivity index (χ3v) is 5.51. The van der Waals surface area contributed by atoms with E-state index in [0.717, 1.165) is 22.4 Å². The van der Waals surface area contributed by atoms with E-state index < -0.39 is 0 Å². The SMILES string of the molecule is C/C(=N/N1C(=O)CN(Cc2ccccc2)[C@H]1c1cccc(Cl)c1)c1ccc(C)cc1. The number of amides is 1. The summed E-state index contributed by atoms with van der Waals surface area (Å²) in [6.45, 7) is 4.94. The highest BCUT2D eigenvalue weighted by atomic mass is 35.5. The second-order valence-corrected chi connectivity index (χ2v) is 8.05. The van der Waals surface area contributed by atoms with Crippen molar-refractivity contribution < 1.29 is 4.79 Å². The van der Waals surface area contributed by atoms with Gasteiger partial charge < -0.3 is 0 Å². The Bertz CT molecular complexity index is 1060. The number of benzene rings is 3. The fourth-order valence-corrected chi connectivity index (χ4v) is 3.93. The Hall–Kier alpha value is -2.95. The van der Waals surface area contributed by atoms with E-state index in [-0.39, 0.29) is 12.1 Å². The van der Waals surface area contributed by atoms with Crippen LogP contribution in [0, 0.1) is 6.92 Å². The van der Waals surface area contributed by atoms with Gasteiger partial charge in [0.05, 0.1) is 12.3 Å². The molecule has 1 amide bonds. The number of carbonyl (C=O) groups is 1. The molecule has 1 saturated heterocycles. The summed E-state index contributed by atoms with van der Waals surface area (Å²) >= 11 is 6.27. The van der Waals surface area contributed by atoms with Gasteiger partial charge >= 0.3 is 0 Å². The Morgan fingerprint density at radius 2 is 1.77 bits per heavy atom. The van der Waals surface area contributed by atoms with Gasteiger partial charge in [-0.15, -0.1) is 0 Å². The van der Waals surface area contributed by atoms with Gasteiger partial charge in [-0.25, -0.2) is 5.01 Å². The van der Waals surface area contributed by atoms with Gasteiger partial charge in [0, 0.05) is 11.6 Å². The van der Waals surface area contributed by atoms with Gasteiger partial charge in [-0.05, 0) is 42.7 Å². The lowest BCUT2D eigenvalue weighted by atomic mass is 10.1. The van der Waals surface area contributed by atoms with E-state index in [9.17, 15) is 4.79 Å². The summed E-state index contributed by atoms with van der Waals surface area (Å²) in [7, 11) is 0. The molecule has 0 N–H and O–H groups in total. The predicted octanol–water partition coefficient (Wildman–Crippen LogP) is 5.42. The molecule has 4 nitrogen and oxygen atoms in total. The molecule has 0 unspecified atom stereocenters. The van der Waals surface area contributed by atoms with Gasteiger partial charge in [0.2, 0.25) is 0 Å². The average Bonchev–Trinajstić information content (AvgIpc) is 3.04. The Morgan fingerprint density at radius 3 is 2.47 bits per heavy atom. The quantitative estimate of drug-likeness (QED) is 0.520. The predicted molar refractivity (Wildman–Crippen MR) is 121 cm³/mol. The molecular formula is C25H24ClN3O. The van der Waals surface area contributed by atoms with Crippen LogP contribution >= 0.6 is 11.6 Å². The zero-order valence-electron chi connectivity index (χ0n) is 17.1. The first-order chi connectivity index (χ1) is 14.5. The number of nitrogens with zero attached hydrogens (tertiary/aromatic N) is 3. The number of halogens is 1. The van der Waals surface area contributed by atoms with Gasteiger partial charge in [0.1, 0.15) is 6.17 Å². The highest BCUT2D eigenvalue weighted by Crippen LogP contribution is 2.34. The zero-order chi connectivity index (χ0) is 21.1. The molecule has 0 aromatic heterocycles. The molecular weight excluding hydrogens is 394 g/mol. The van der Waals surface area contributed by atoms with Crippen LogP contribution in [-0.2, 0) is 11.3 Å². The van der Waals surface area contributed by atoms with Crippen molar-refractivity contribution in [3.8, 4) is 0 Å². The van der Waals surface area contributed by atoms with Gasteiger partial charge in [-0.1, -0.05) is 83.9 Å². The molecule has 0 radical (unpaired) electrons. The smallest absolute Gasteiger partial charge is 0.258 e. The molecule has 1 aliphatic heterocycles. The molecule has 1 heterocycles. The molecule has 0 bridgehead atoms. The van der Waals surface area contributed by atoms with Crippen LogP contribution in [0.3, 0.4) is 0 Å². The monoisotopic (exact) mass is 417 g/mol. The zero-order valence-corrected chi connectivity index (χ0v) is 17.9. The number of aryl methyl sites for hydroxylation is 1. The lowest BCUT2D eigenvalue weighted by molar-refractivity contribution is -0.128. The first-order valence-corrected chi connectivity index (χ1v) is 10.4. The van der Waals surface area contributed by atoms with Crippen molar-refractivity contribution in [2.24, 2.45) is 5.10 Å². The number of hydrogen-bond donors (Lipinski definition) is 0. The molecule has 0 spiro atoms. The molecule has 3 aromatic carbocycles. The normalized spacial score (nSPS) is 17.6. The van der Waals surface area contributed by atoms with Crippen LogP contribution in [-0.4, -0.2) is 28.1 Å². The lowest BCUT2D eigenvalue weighted by Gasteiger charge is -2.28. The van der Waals surface area contributed by atoms with Gasteiger partial charge in [0.25, 0.3) is 5.91 Å². The van der Waals surface area contributed by atoms with Crippen LogP contribution in [0.5, 0.6) is 0 Å². The standard InChI is InChI=1S/C25H24ClN3O/c1-18-11-13-21(14-12-18)19(2)27-29-24(30)17-28(16-20-7-4-3-5-8-20)25(29)22-9-6-10-23(26)15-22/h3-15,25H,16-17H2,1-2H3/b27-19-/t25-/m1/s1. The minimum Gasteiger partial charge on any atom is -0.271 e. The Morgan fingerprint density at radius 1 is 1.03 bits per heavy atom. The molecule has 0 saturated carbocycles. The summed E-state index contributed by atoms with van der Waals surface area (Å²) in [6.07, 6.45) is -0.309. The van der Waals surface area contributed by atoms with Crippen molar-refractivity contribution in [3.05, 3.63) is 106 Å². The van der Waals surface area contributed by atoms with Crippen LogP contribution in [0.15, 0.2) is 84.0 Å². The molecule has 1 aliphatic rings. The van der Waals surface area contributed by atoms with Crippen LogP contribution in [0.1, 0.15) is 35.3 Å². The van der Waals surface area contributed by atoms with Crippen molar-refractivity contribution in [2.45, 2.75) is 26.6 Å². The third-order valence-electron chi connectivity index (χ3n) is 5.27. The summed E-state index contributed by atoms with van der Waals surface area (Å²) in [5.41, 5.74) is 5.09. The van der Waals surface area contributed by atoms with Gasteiger partial charge in [0.15, 0.2) is 0 Å². The second-order valence-electron chi connectivity index (χ2n) is 7.61. The van der Waals surface area contributed by atoms with E-state index >= 15 is 0 Å². The molecule has 0 aliphatic carbocycles. The molecule has 1 atom stereocenters. The van der Waals surface area contributed by atoms with Crippen molar-refractivity contribution in [3.63, 3.8) is 0 Å². The highest BCUT2D eigenvalue weighted by molar-refractivity contribution is 6.30. The Kier molecular flexibility index (Phi) is 5.98. The molecule has 1 fully saturated rings. The van der Waals surface area contributed by atoms with Crippen LogP contribution < -0.4 is 0 Å². The maximum atomic E-state index is 13.0. The summed E-state index contributed by atoms with van der Waals surface area (Å²) in [4.78, 5) is 15.1. The number of carbonyl (C=O) groups excluding carboxylic acids is 1. The minimum atomic E-state index is -0.309. The first kappa shape index (κ1) is 20.3. The average molecular weight is 418 g/mol. The molecule has 4 rings (SSSR count). The first-order valence-electron chi connectivity index (χ1n) is 9.99.